The van der Waals surface area contributed by atoms with Crippen LogP contribution >= 0.6 is 0 Å². The maximum atomic E-state index is 11.5. The maximum absolute atomic E-state index is 11.5. The first-order valence-electron chi connectivity index (χ1n) is 5.33. The van der Waals surface area contributed by atoms with E-state index in [9.17, 15) is 9.90 Å². The standard InChI is InChI=1S/C11H21NO2/c1-8(2)11(4)5-6-12(7-11)10(14)9(3)13/h8-9,13H,5-7H2,1-4H3/t9-,11-/m1/s1. The van der Waals surface area contributed by atoms with Gasteiger partial charge in [0.2, 0.25) is 0 Å². The highest BCUT2D eigenvalue weighted by Gasteiger charge is 2.38. The van der Waals surface area contributed by atoms with Gasteiger partial charge in [-0.1, -0.05) is 20.8 Å². The lowest BCUT2D eigenvalue weighted by atomic mass is 9.78. The number of aliphatic hydroxyl groups is 1. The highest BCUT2D eigenvalue weighted by molar-refractivity contribution is 5.80. The van der Waals surface area contributed by atoms with E-state index in [0.717, 1.165) is 19.5 Å². The minimum absolute atomic E-state index is 0.130. The molecule has 1 aliphatic heterocycles. The van der Waals surface area contributed by atoms with Gasteiger partial charge >= 0.3 is 0 Å². The third kappa shape index (κ3) is 2.08. The number of carbonyl (C=O) groups excluding carboxylic acids is 1. The van der Waals surface area contributed by atoms with Crippen LogP contribution in [0.4, 0.5) is 0 Å². The summed E-state index contributed by atoms with van der Waals surface area (Å²) in [5.41, 5.74) is 0.227. The smallest absolute Gasteiger partial charge is 0.251 e. The maximum Gasteiger partial charge on any atom is 0.251 e. The molecular weight excluding hydrogens is 178 g/mol. The lowest BCUT2D eigenvalue weighted by Crippen LogP contribution is -2.38. The number of aliphatic hydroxyl groups excluding tert-OH is 1. The molecule has 82 valence electrons. The molecule has 1 rings (SSSR count). The first kappa shape index (κ1) is 11.5. The predicted molar refractivity (Wildman–Crippen MR) is 55.8 cm³/mol. The highest BCUT2D eigenvalue weighted by atomic mass is 16.3. The molecule has 14 heavy (non-hydrogen) atoms. The molecule has 0 aromatic carbocycles. The molecule has 3 nitrogen and oxygen atoms in total. The number of likely N-dealkylation sites (tertiary alicyclic amines) is 1. The van der Waals surface area contributed by atoms with E-state index in [0.29, 0.717) is 5.92 Å². The summed E-state index contributed by atoms with van der Waals surface area (Å²) < 4.78 is 0. The zero-order valence-corrected chi connectivity index (χ0v) is 9.58. The van der Waals surface area contributed by atoms with Crippen molar-refractivity contribution >= 4 is 5.91 Å². The van der Waals surface area contributed by atoms with Crippen molar-refractivity contribution < 1.29 is 9.90 Å². The van der Waals surface area contributed by atoms with Crippen molar-refractivity contribution in [2.75, 3.05) is 13.1 Å². The average molecular weight is 199 g/mol. The second kappa shape index (κ2) is 3.89. The van der Waals surface area contributed by atoms with Crippen LogP contribution in [0.5, 0.6) is 0 Å². The van der Waals surface area contributed by atoms with Crippen molar-refractivity contribution in [3.05, 3.63) is 0 Å². The van der Waals surface area contributed by atoms with Gasteiger partial charge in [-0.05, 0) is 24.7 Å². The van der Waals surface area contributed by atoms with Gasteiger partial charge in [-0.2, -0.15) is 0 Å². The summed E-state index contributed by atoms with van der Waals surface area (Å²) in [5, 5.41) is 9.20. The Balaban J connectivity index is 2.61. The van der Waals surface area contributed by atoms with E-state index < -0.39 is 6.10 Å². The molecule has 1 aliphatic rings. The number of rotatable bonds is 2. The zero-order valence-electron chi connectivity index (χ0n) is 9.58. The van der Waals surface area contributed by atoms with Crippen LogP contribution in [0.25, 0.3) is 0 Å². The van der Waals surface area contributed by atoms with Gasteiger partial charge in [0.15, 0.2) is 0 Å². The molecule has 0 saturated carbocycles. The van der Waals surface area contributed by atoms with Gasteiger partial charge in [0.05, 0.1) is 0 Å². The SMILES string of the molecule is CC(C)[C@]1(C)CCN(C(=O)[C@@H](C)O)C1. The van der Waals surface area contributed by atoms with Crippen molar-refractivity contribution in [1.82, 2.24) is 4.90 Å². The van der Waals surface area contributed by atoms with E-state index in [1.54, 1.807) is 4.90 Å². The molecule has 0 radical (unpaired) electrons. The minimum atomic E-state index is -0.857. The van der Waals surface area contributed by atoms with Crippen molar-refractivity contribution in [1.29, 1.82) is 0 Å². The summed E-state index contributed by atoms with van der Waals surface area (Å²) in [6.07, 6.45) is 0.188. The molecular formula is C11H21NO2. The Morgan fingerprint density at radius 2 is 2.00 bits per heavy atom. The van der Waals surface area contributed by atoms with Crippen molar-refractivity contribution in [3.8, 4) is 0 Å². The molecule has 2 atom stereocenters. The summed E-state index contributed by atoms with van der Waals surface area (Å²) in [6, 6.07) is 0. The molecule has 3 heteroatoms. The fraction of sp³-hybridized carbons (Fsp3) is 0.909. The van der Waals surface area contributed by atoms with Crippen LogP contribution in [0, 0.1) is 11.3 Å². The fourth-order valence-corrected chi connectivity index (χ4v) is 1.91. The Labute approximate surface area is 86.1 Å². The monoisotopic (exact) mass is 199 g/mol. The van der Waals surface area contributed by atoms with E-state index in [-0.39, 0.29) is 11.3 Å². The van der Waals surface area contributed by atoms with Crippen LogP contribution in [0.15, 0.2) is 0 Å². The molecule has 1 saturated heterocycles. The molecule has 0 aromatic rings. The zero-order chi connectivity index (χ0) is 10.9. The Hall–Kier alpha value is -0.570. The van der Waals surface area contributed by atoms with Gasteiger partial charge in [0.1, 0.15) is 6.10 Å². The van der Waals surface area contributed by atoms with Crippen LogP contribution in [-0.4, -0.2) is 35.1 Å². The van der Waals surface area contributed by atoms with Gasteiger partial charge in [-0.3, -0.25) is 4.79 Å². The highest BCUT2D eigenvalue weighted by Crippen LogP contribution is 2.37. The number of amides is 1. The molecule has 1 heterocycles. The molecule has 1 fully saturated rings. The third-order valence-corrected chi connectivity index (χ3v) is 3.57. The Morgan fingerprint density at radius 1 is 1.43 bits per heavy atom. The molecule has 0 spiro atoms. The first-order valence-corrected chi connectivity index (χ1v) is 5.33. The molecule has 0 bridgehead atoms. The lowest BCUT2D eigenvalue weighted by Gasteiger charge is -2.29. The Bertz CT molecular complexity index is 225. The molecule has 1 amide bonds. The van der Waals surface area contributed by atoms with Gasteiger partial charge in [0, 0.05) is 13.1 Å². The van der Waals surface area contributed by atoms with Crippen molar-refractivity contribution in [3.63, 3.8) is 0 Å². The number of nitrogens with zero attached hydrogens (tertiary/aromatic N) is 1. The van der Waals surface area contributed by atoms with E-state index >= 15 is 0 Å². The second-order valence-electron chi connectivity index (χ2n) is 4.99. The van der Waals surface area contributed by atoms with Crippen LogP contribution in [0.2, 0.25) is 0 Å². The molecule has 0 aromatic heterocycles. The van der Waals surface area contributed by atoms with E-state index in [2.05, 4.69) is 20.8 Å². The Kier molecular flexibility index (Phi) is 3.20. The molecule has 1 N–H and O–H groups in total. The number of hydrogen-bond donors (Lipinski definition) is 1. The second-order valence-corrected chi connectivity index (χ2v) is 4.99. The van der Waals surface area contributed by atoms with Crippen molar-refractivity contribution in [2.45, 2.75) is 40.2 Å². The summed E-state index contributed by atoms with van der Waals surface area (Å²) in [6.45, 7) is 9.71. The largest absolute Gasteiger partial charge is 0.384 e. The number of carbonyl (C=O) groups is 1. The quantitative estimate of drug-likeness (QED) is 0.727. The van der Waals surface area contributed by atoms with E-state index in [1.807, 2.05) is 0 Å². The topological polar surface area (TPSA) is 40.5 Å². The lowest BCUT2D eigenvalue weighted by molar-refractivity contribution is -0.138. The summed E-state index contributed by atoms with van der Waals surface area (Å²) in [7, 11) is 0. The van der Waals surface area contributed by atoms with E-state index in [4.69, 9.17) is 0 Å². The van der Waals surface area contributed by atoms with Gasteiger partial charge in [0.25, 0.3) is 5.91 Å². The van der Waals surface area contributed by atoms with Crippen LogP contribution in [0.1, 0.15) is 34.1 Å². The van der Waals surface area contributed by atoms with E-state index in [1.165, 1.54) is 6.92 Å². The van der Waals surface area contributed by atoms with Crippen LogP contribution in [-0.2, 0) is 4.79 Å². The van der Waals surface area contributed by atoms with Crippen LogP contribution in [0.3, 0.4) is 0 Å². The molecule has 0 aliphatic carbocycles. The minimum Gasteiger partial charge on any atom is -0.384 e. The summed E-state index contributed by atoms with van der Waals surface area (Å²) >= 11 is 0. The normalized spacial score (nSPS) is 29.7. The molecule has 0 unspecified atom stereocenters. The summed E-state index contributed by atoms with van der Waals surface area (Å²) in [4.78, 5) is 13.3. The predicted octanol–water partition coefficient (Wildman–Crippen LogP) is 1.26. The third-order valence-electron chi connectivity index (χ3n) is 3.57. The Morgan fingerprint density at radius 3 is 2.36 bits per heavy atom. The van der Waals surface area contributed by atoms with Crippen LogP contribution < -0.4 is 0 Å². The number of hydrogen-bond acceptors (Lipinski definition) is 2. The van der Waals surface area contributed by atoms with Crippen molar-refractivity contribution in [2.24, 2.45) is 11.3 Å². The summed E-state index contributed by atoms with van der Waals surface area (Å²) in [5.74, 6) is 0.448. The first-order chi connectivity index (χ1) is 6.37. The fourth-order valence-electron chi connectivity index (χ4n) is 1.91. The van der Waals surface area contributed by atoms with Gasteiger partial charge < -0.3 is 10.0 Å². The van der Waals surface area contributed by atoms with Gasteiger partial charge in [-0.25, -0.2) is 0 Å². The average Bonchev–Trinajstić information content (AvgIpc) is 2.48. The van der Waals surface area contributed by atoms with Gasteiger partial charge in [-0.15, -0.1) is 0 Å².